The van der Waals surface area contributed by atoms with Crippen LogP contribution in [0, 0.1) is 0 Å². The molecule has 25 heavy (non-hydrogen) atoms. The van der Waals surface area contributed by atoms with Gasteiger partial charge in [-0.25, -0.2) is 9.78 Å². The van der Waals surface area contributed by atoms with Gasteiger partial charge in [-0.05, 0) is 11.6 Å². The van der Waals surface area contributed by atoms with Crippen molar-refractivity contribution in [2.45, 2.75) is 19.1 Å². The Morgan fingerprint density at radius 3 is 2.56 bits per heavy atom. The van der Waals surface area contributed by atoms with Crippen molar-refractivity contribution in [3.8, 4) is 5.88 Å². The number of amides is 1. The maximum atomic E-state index is 12.1. The van der Waals surface area contributed by atoms with E-state index in [1.807, 2.05) is 30.3 Å². The number of hydrogen-bond donors (Lipinski definition) is 2. The average molecular weight is 344 g/mol. The van der Waals surface area contributed by atoms with E-state index in [9.17, 15) is 9.59 Å². The maximum Gasteiger partial charge on any atom is 0.326 e. The number of nitrogens with zero attached hydrogens (tertiary/aromatic N) is 1. The fraction of sp³-hybridized carbons (Fsp3) is 0.278. The molecule has 2 aromatic rings. The van der Waals surface area contributed by atoms with Crippen LogP contribution in [0.5, 0.6) is 5.88 Å². The molecule has 0 saturated carbocycles. The summed E-state index contributed by atoms with van der Waals surface area (Å²) < 4.78 is 10.4. The summed E-state index contributed by atoms with van der Waals surface area (Å²) in [7, 11) is 1.47. The molecule has 0 aliphatic carbocycles. The second-order valence-corrected chi connectivity index (χ2v) is 5.31. The monoisotopic (exact) mass is 344 g/mol. The Balaban J connectivity index is 1.91. The van der Waals surface area contributed by atoms with Crippen LogP contribution in [0.15, 0.2) is 48.7 Å². The molecule has 0 aliphatic heterocycles. The topological polar surface area (TPSA) is 97.8 Å². The molecule has 0 saturated heterocycles. The second kappa shape index (κ2) is 9.39. The van der Waals surface area contributed by atoms with Crippen molar-refractivity contribution >= 4 is 11.9 Å². The van der Waals surface area contributed by atoms with Gasteiger partial charge in [0, 0.05) is 32.4 Å². The van der Waals surface area contributed by atoms with Crippen molar-refractivity contribution in [1.29, 1.82) is 0 Å². The lowest BCUT2D eigenvalue weighted by molar-refractivity contribution is -0.139. The molecule has 1 atom stereocenters. The Labute approximate surface area is 145 Å². The number of aliphatic carboxylic acids is 1. The van der Waals surface area contributed by atoms with Crippen LogP contribution < -0.4 is 10.1 Å². The smallest absolute Gasteiger partial charge is 0.326 e. The van der Waals surface area contributed by atoms with E-state index >= 15 is 0 Å². The highest BCUT2D eigenvalue weighted by atomic mass is 16.5. The summed E-state index contributed by atoms with van der Waals surface area (Å²) in [6, 6.07) is 11.7. The Bertz CT molecular complexity index is 688. The summed E-state index contributed by atoms with van der Waals surface area (Å²) in [6.45, 7) is 0.610. The molecule has 1 unspecified atom stereocenters. The van der Waals surface area contributed by atoms with Crippen LogP contribution in [0.2, 0.25) is 0 Å². The van der Waals surface area contributed by atoms with E-state index in [1.165, 1.54) is 19.4 Å². The van der Waals surface area contributed by atoms with Gasteiger partial charge in [0.05, 0.1) is 5.56 Å². The Hall–Kier alpha value is -2.93. The normalized spacial score (nSPS) is 11.6. The quantitative estimate of drug-likeness (QED) is 0.721. The van der Waals surface area contributed by atoms with Crippen LogP contribution >= 0.6 is 0 Å². The minimum absolute atomic E-state index is 0.184. The van der Waals surface area contributed by atoms with E-state index in [2.05, 4.69) is 10.3 Å². The van der Waals surface area contributed by atoms with Crippen molar-refractivity contribution < 1.29 is 24.2 Å². The lowest BCUT2D eigenvalue weighted by Gasteiger charge is -2.14. The summed E-state index contributed by atoms with van der Waals surface area (Å²) in [4.78, 5) is 27.3. The molecular formula is C18H20N2O5. The van der Waals surface area contributed by atoms with Gasteiger partial charge in [-0.2, -0.15) is 0 Å². The standard InChI is InChI=1S/C18H20N2O5/c1-24-10-9-15(18(22)23)20-17(21)14-7-8-16(19-11-14)25-12-13-5-3-2-4-6-13/h2-8,11,15H,9-10,12H2,1H3,(H,20,21)(H,22,23). The van der Waals surface area contributed by atoms with Crippen molar-refractivity contribution in [2.75, 3.05) is 13.7 Å². The first-order chi connectivity index (χ1) is 12.1. The van der Waals surface area contributed by atoms with Gasteiger partial charge in [0.1, 0.15) is 12.6 Å². The van der Waals surface area contributed by atoms with Crippen LogP contribution in [-0.2, 0) is 16.1 Å². The molecule has 0 fully saturated rings. The lowest BCUT2D eigenvalue weighted by Crippen LogP contribution is -2.41. The highest BCUT2D eigenvalue weighted by Crippen LogP contribution is 2.11. The number of benzene rings is 1. The fourth-order valence-electron chi connectivity index (χ4n) is 2.07. The zero-order valence-electron chi connectivity index (χ0n) is 13.8. The number of aromatic nitrogens is 1. The Kier molecular flexibility index (Phi) is 6.91. The Morgan fingerprint density at radius 2 is 1.96 bits per heavy atom. The molecule has 0 bridgehead atoms. The third-order valence-electron chi connectivity index (χ3n) is 3.44. The molecule has 7 heteroatoms. The predicted molar refractivity (Wildman–Crippen MR) is 90.4 cm³/mol. The van der Waals surface area contributed by atoms with Crippen molar-refractivity contribution in [3.05, 3.63) is 59.8 Å². The summed E-state index contributed by atoms with van der Waals surface area (Å²) in [5.41, 5.74) is 1.27. The third kappa shape index (κ3) is 5.89. The molecule has 1 aromatic heterocycles. The van der Waals surface area contributed by atoms with Crippen LogP contribution in [0.4, 0.5) is 0 Å². The number of pyridine rings is 1. The Morgan fingerprint density at radius 1 is 1.20 bits per heavy atom. The summed E-state index contributed by atoms with van der Waals surface area (Å²) in [5.74, 6) is -1.23. The fourth-order valence-corrected chi connectivity index (χ4v) is 2.07. The largest absolute Gasteiger partial charge is 0.480 e. The van der Waals surface area contributed by atoms with Crippen molar-refractivity contribution in [3.63, 3.8) is 0 Å². The first kappa shape index (κ1) is 18.4. The van der Waals surface area contributed by atoms with Gasteiger partial charge < -0.3 is 19.9 Å². The predicted octanol–water partition coefficient (Wildman–Crippen LogP) is 1.88. The minimum Gasteiger partial charge on any atom is -0.480 e. The molecule has 0 spiro atoms. The number of carbonyl (C=O) groups excluding carboxylic acids is 1. The van der Waals surface area contributed by atoms with Crippen molar-refractivity contribution in [2.24, 2.45) is 0 Å². The number of carbonyl (C=O) groups is 2. The van der Waals surface area contributed by atoms with Gasteiger partial charge >= 0.3 is 5.97 Å². The molecule has 7 nitrogen and oxygen atoms in total. The molecule has 0 radical (unpaired) electrons. The summed E-state index contributed by atoms with van der Waals surface area (Å²) >= 11 is 0. The first-order valence-electron chi connectivity index (χ1n) is 7.75. The number of nitrogens with one attached hydrogen (secondary N) is 1. The van der Waals surface area contributed by atoms with Gasteiger partial charge in [0.25, 0.3) is 5.91 Å². The van der Waals surface area contributed by atoms with Crippen LogP contribution in [-0.4, -0.2) is 41.7 Å². The maximum absolute atomic E-state index is 12.1. The van der Waals surface area contributed by atoms with E-state index in [0.717, 1.165) is 5.56 Å². The van der Waals surface area contributed by atoms with Gasteiger partial charge in [0.2, 0.25) is 5.88 Å². The van der Waals surface area contributed by atoms with Crippen molar-refractivity contribution in [1.82, 2.24) is 10.3 Å². The molecule has 1 heterocycles. The molecule has 1 amide bonds. The molecule has 0 aliphatic rings. The van der Waals surface area contributed by atoms with E-state index in [4.69, 9.17) is 14.6 Å². The van der Waals surface area contributed by atoms with E-state index in [0.29, 0.717) is 12.5 Å². The zero-order chi connectivity index (χ0) is 18.1. The number of methoxy groups -OCH3 is 1. The molecule has 1 aromatic carbocycles. The highest BCUT2D eigenvalue weighted by molar-refractivity contribution is 5.96. The minimum atomic E-state index is -1.11. The van der Waals surface area contributed by atoms with Crippen LogP contribution in [0.3, 0.4) is 0 Å². The lowest BCUT2D eigenvalue weighted by atomic mass is 10.2. The summed E-state index contributed by atoms with van der Waals surface area (Å²) in [6.07, 6.45) is 1.54. The van der Waals surface area contributed by atoms with E-state index in [-0.39, 0.29) is 18.6 Å². The van der Waals surface area contributed by atoms with Crippen LogP contribution in [0.1, 0.15) is 22.3 Å². The second-order valence-electron chi connectivity index (χ2n) is 5.31. The zero-order valence-corrected chi connectivity index (χ0v) is 13.8. The number of ether oxygens (including phenoxy) is 2. The number of rotatable bonds is 9. The van der Waals surface area contributed by atoms with Gasteiger partial charge in [0.15, 0.2) is 0 Å². The van der Waals surface area contributed by atoms with Gasteiger partial charge in [-0.15, -0.1) is 0 Å². The highest BCUT2D eigenvalue weighted by Gasteiger charge is 2.20. The number of carboxylic acid groups (broad SMARTS) is 1. The molecule has 132 valence electrons. The van der Waals surface area contributed by atoms with E-state index in [1.54, 1.807) is 6.07 Å². The van der Waals surface area contributed by atoms with Gasteiger partial charge in [-0.1, -0.05) is 30.3 Å². The third-order valence-corrected chi connectivity index (χ3v) is 3.44. The summed E-state index contributed by atoms with van der Waals surface area (Å²) in [5, 5.41) is 11.6. The molecule has 2 rings (SSSR count). The van der Waals surface area contributed by atoms with Crippen LogP contribution in [0.25, 0.3) is 0 Å². The van der Waals surface area contributed by atoms with E-state index < -0.39 is 17.9 Å². The molecule has 2 N–H and O–H groups in total. The average Bonchev–Trinajstić information content (AvgIpc) is 2.64. The first-order valence-corrected chi connectivity index (χ1v) is 7.75. The number of carboxylic acids is 1. The van der Waals surface area contributed by atoms with Gasteiger partial charge in [-0.3, -0.25) is 4.79 Å². The molecular weight excluding hydrogens is 324 g/mol. The SMILES string of the molecule is COCCC(NC(=O)c1ccc(OCc2ccccc2)nc1)C(=O)O. The number of hydrogen-bond acceptors (Lipinski definition) is 5.